The third-order valence-corrected chi connectivity index (χ3v) is 5.57. The second kappa shape index (κ2) is 6.51. The quantitative estimate of drug-likeness (QED) is 0.525. The summed E-state index contributed by atoms with van der Waals surface area (Å²) in [4.78, 5) is 4.33. The van der Waals surface area contributed by atoms with Crippen molar-refractivity contribution in [1.82, 2.24) is 4.98 Å². The fraction of sp³-hybridized carbons (Fsp3) is 0. The molecular formula is C17H11ClF2NP. The fourth-order valence-electron chi connectivity index (χ4n) is 2.17. The zero-order chi connectivity index (χ0) is 15.5. The molecule has 0 aliphatic rings. The first-order valence-electron chi connectivity index (χ1n) is 6.57. The van der Waals surface area contributed by atoms with Crippen LogP contribution in [0.3, 0.4) is 0 Å². The molecule has 0 amide bonds. The molecule has 0 atom stereocenters. The number of halogens is 3. The van der Waals surface area contributed by atoms with Crippen molar-refractivity contribution in [2.75, 3.05) is 0 Å². The molecule has 0 radical (unpaired) electrons. The molecule has 0 saturated carbocycles. The zero-order valence-corrected chi connectivity index (χ0v) is 13.0. The number of pyridine rings is 1. The number of hydrogen-bond acceptors (Lipinski definition) is 1. The maximum Gasteiger partial charge on any atom is 0.129 e. The van der Waals surface area contributed by atoms with Crippen LogP contribution in [0.5, 0.6) is 0 Å². The lowest BCUT2D eigenvalue weighted by atomic mass is 10.3. The summed E-state index contributed by atoms with van der Waals surface area (Å²) in [6, 6.07) is 17.9. The lowest BCUT2D eigenvalue weighted by molar-refractivity contribution is 0.629. The molecule has 0 fully saturated rings. The average Bonchev–Trinajstić information content (AvgIpc) is 2.48. The van der Waals surface area contributed by atoms with Crippen molar-refractivity contribution in [2.45, 2.75) is 0 Å². The summed E-state index contributed by atoms with van der Waals surface area (Å²) in [5, 5.41) is 1.88. The van der Waals surface area contributed by atoms with Crippen LogP contribution in [0.2, 0.25) is 5.15 Å². The first-order valence-corrected chi connectivity index (χ1v) is 8.29. The Kier molecular flexibility index (Phi) is 4.47. The number of rotatable bonds is 3. The minimum Gasteiger partial charge on any atom is -0.236 e. The van der Waals surface area contributed by atoms with Crippen LogP contribution in [0.25, 0.3) is 0 Å². The summed E-state index contributed by atoms with van der Waals surface area (Å²) in [5.74, 6) is -0.660. The Balaban J connectivity index is 2.18. The van der Waals surface area contributed by atoms with Gasteiger partial charge in [-0.2, -0.15) is 0 Å². The first kappa shape index (κ1) is 15.1. The van der Waals surface area contributed by atoms with Crippen LogP contribution < -0.4 is 16.0 Å². The molecule has 3 rings (SSSR count). The topological polar surface area (TPSA) is 12.9 Å². The molecule has 5 heteroatoms. The Morgan fingerprint density at radius 2 is 1.32 bits per heavy atom. The Morgan fingerprint density at radius 1 is 0.773 bits per heavy atom. The van der Waals surface area contributed by atoms with E-state index >= 15 is 0 Å². The predicted molar refractivity (Wildman–Crippen MR) is 87.9 cm³/mol. The number of aromatic nitrogens is 1. The van der Waals surface area contributed by atoms with E-state index in [0.717, 1.165) is 10.6 Å². The predicted octanol–water partition coefficient (Wildman–Crippen LogP) is 3.77. The molecule has 22 heavy (non-hydrogen) atoms. The molecule has 0 unspecified atom stereocenters. The van der Waals surface area contributed by atoms with Crippen LogP contribution in [0.1, 0.15) is 0 Å². The van der Waals surface area contributed by atoms with E-state index in [0.29, 0.717) is 10.6 Å². The van der Waals surface area contributed by atoms with Gasteiger partial charge in [-0.25, -0.2) is 13.8 Å². The second-order valence-electron chi connectivity index (χ2n) is 4.61. The number of hydrogen-bond donors (Lipinski definition) is 0. The van der Waals surface area contributed by atoms with Crippen LogP contribution in [-0.4, -0.2) is 4.98 Å². The monoisotopic (exact) mass is 333 g/mol. The molecule has 1 aromatic heterocycles. The van der Waals surface area contributed by atoms with Gasteiger partial charge in [-0.3, -0.25) is 0 Å². The van der Waals surface area contributed by atoms with Crippen LogP contribution in [0.15, 0.2) is 66.7 Å². The van der Waals surface area contributed by atoms with E-state index in [4.69, 9.17) is 11.6 Å². The summed E-state index contributed by atoms with van der Waals surface area (Å²) in [7, 11) is -1.17. The number of nitrogens with zero attached hydrogens (tertiary/aromatic N) is 1. The lowest BCUT2D eigenvalue weighted by Crippen LogP contribution is -2.23. The third kappa shape index (κ3) is 3.32. The van der Waals surface area contributed by atoms with E-state index in [9.17, 15) is 8.78 Å². The smallest absolute Gasteiger partial charge is 0.129 e. The van der Waals surface area contributed by atoms with Crippen molar-refractivity contribution in [2.24, 2.45) is 0 Å². The van der Waals surface area contributed by atoms with Gasteiger partial charge >= 0.3 is 0 Å². The van der Waals surface area contributed by atoms with Crippen LogP contribution in [0, 0.1) is 11.6 Å². The molecule has 2 aromatic carbocycles. The van der Waals surface area contributed by atoms with Crippen molar-refractivity contribution in [3.05, 3.63) is 83.5 Å². The maximum atomic E-state index is 13.6. The highest BCUT2D eigenvalue weighted by Crippen LogP contribution is 2.32. The van der Waals surface area contributed by atoms with Gasteiger partial charge in [0.25, 0.3) is 0 Å². The SMILES string of the molecule is Fc1cccc(P(c2cccc(F)c2)c2cccc(Cl)n2)c1. The summed E-state index contributed by atoms with van der Waals surface area (Å²) in [6.45, 7) is 0. The van der Waals surface area contributed by atoms with Gasteiger partial charge < -0.3 is 0 Å². The standard InChI is InChI=1S/C17H11ClF2NP/c18-16-8-3-9-17(21-16)22(14-6-1-4-12(19)10-14)15-7-2-5-13(20)11-15/h1-11H. The van der Waals surface area contributed by atoms with Gasteiger partial charge in [0, 0.05) is 7.92 Å². The third-order valence-electron chi connectivity index (χ3n) is 3.06. The van der Waals surface area contributed by atoms with Gasteiger partial charge in [0.05, 0.1) is 5.44 Å². The summed E-state index contributed by atoms with van der Waals surface area (Å²) in [5.41, 5.74) is 0.707. The normalized spacial score (nSPS) is 10.9. The van der Waals surface area contributed by atoms with E-state index < -0.39 is 7.92 Å². The van der Waals surface area contributed by atoms with Crippen LogP contribution >= 0.6 is 19.5 Å². The van der Waals surface area contributed by atoms with Crippen LogP contribution in [-0.2, 0) is 0 Å². The Morgan fingerprint density at radius 3 is 1.82 bits per heavy atom. The molecule has 0 aliphatic carbocycles. The van der Waals surface area contributed by atoms with Gasteiger partial charge in [-0.1, -0.05) is 41.9 Å². The molecular weight excluding hydrogens is 323 g/mol. The Hall–Kier alpha value is -1.83. The van der Waals surface area contributed by atoms with Gasteiger partial charge in [-0.05, 0) is 47.0 Å². The minimum atomic E-state index is -1.17. The Bertz CT molecular complexity index is 702. The highest BCUT2D eigenvalue weighted by atomic mass is 35.5. The van der Waals surface area contributed by atoms with Gasteiger partial charge in [0.15, 0.2) is 0 Å². The highest BCUT2D eigenvalue weighted by molar-refractivity contribution is 7.79. The summed E-state index contributed by atoms with van der Waals surface area (Å²) in [6.07, 6.45) is 0. The molecule has 0 saturated heterocycles. The highest BCUT2D eigenvalue weighted by Gasteiger charge is 2.19. The van der Waals surface area contributed by atoms with Gasteiger partial charge in [-0.15, -0.1) is 0 Å². The van der Waals surface area contributed by atoms with E-state index in [1.807, 2.05) is 18.2 Å². The average molecular weight is 334 g/mol. The van der Waals surface area contributed by atoms with Crippen molar-refractivity contribution in [3.63, 3.8) is 0 Å². The minimum absolute atomic E-state index is 0.330. The van der Waals surface area contributed by atoms with Crippen molar-refractivity contribution in [1.29, 1.82) is 0 Å². The molecule has 0 spiro atoms. The number of benzene rings is 2. The van der Waals surface area contributed by atoms with E-state index in [-0.39, 0.29) is 11.6 Å². The largest absolute Gasteiger partial charge is 0.236 e. The molecule has 110 valence electrons. The van der Waals surface area contributed by atoms with Crippen molar-refractivity contribution < 1.29 is 8.78 Å². The van der Waals surface area contributed by atoms with Crippen molar-refractivity contribution in [3.8, 4) is 0 Å². The lowest BCUT2D eigenvalue weighted by Gasteiger charge is -2.18. The van der Waals surface area contributed by atoms with Gasteiger partial charge in [0.1, 0.15) is 16.8 Å². The maximum absolute atomic E-state index is 13.6. The summed E-state index contributed by atoms with van der Waals surface area (Å²) >= 11 is 5.98. The fourth-order valence-corrected chi connectivity index (χ4v) is 4.63. The molecule has 0 N–H and O–H groups in total. The van der Waals surface area contributed by atoms with E-state index in [1.54, 1.807) is 24.3 Å². The molecule has 0 aliphatic heterocycles. The molecule has 0 bridgehead atoms. The first-order chi connectivity index (χ1) is 10.6. The zero-order valence-electron chi connectivity index (χ0n) is 11.4. The molecule has 1 heterocycles. The van der Waals surface area contributed by atoms with E-state index in [2.05, 4.69) is 4.98 Å². The Labute approximate surface area is 133 Å². The second-order valence-corrected chi connectivity index (χ2v) is 7.16. The van der Waals surface area contributed by atoms with E-state index in [1.165, 1.54) is 24.3 Å². The molecule has 1 nitrogen and oxygen atoms in total. The molecule has 3 aromatic rings. The van der Waals surface area contributed by atoms with Gasteiger partial charge in [0.2, 0.25) is 0 Å². The van der Waals surface area contributed by atoms with Crippen LogP contribution in [0.4, 0.5) is 8.78 Å². The summed E-state index contributed by atoms with van der Waals surface area (Å²) < 4.78 is 27.2. The van der Waals surface area contributed by atoms with Crippen molar-refractivity contribution >= 4 is 35.6 Å².